The van der Waals surface area contributed by atoms with Crippen molar-refractivity contribution < 1.29 is 9.90 Å². The lowest BCUT2D eigenvalue weighted by Gasteiger charge is -2.36. The Morgan fingerprint density at radius 1 is 1.53 bits per heavy atom. The van der Waals surface area contributed by atoms with Crippen molar-refractivity contribution >= 4 is 11.6 Å². The Bertz CT molecular complexity index is 449. The fourth-order valence-electron chi connectivity index (χ4n) is 2.74. The molecular formula is C13H22N4O2. The Balaban J connectivity index is 2.17. The van der Waals surface area contributed by atoms with Gasteiger partial charge in [0.25, 0.3) is 5.91 Å². The van der Waals surface area contributed by atoms with Crippen LogP contribution in [0.15, 0.2) is 6.20 Å². The number of aliphatic hydroxyl groups excluding tert-OH is 1. The predicted molar refractivity (Wildman–Crippen MR) is 72.7 cm³/mol. The van der Waals surface area contributed by atoms with Crippen LogP contribution >= 0.6 is 0 Å². The van der Waals surface area contributed by atoms with E-state index >= 15 is 0 Å². The largest absolute Gasteiger partial charge is 0.396 e. The van der Waals surface area contributed by atoms with E-state index in [1.54, 1.807) is 4.68 Å². The standard InChI is InChI=1S/C13H22N4O2/c1-2-17-11(10(14)8-15-17)12(19)16-13(9-18)6-4-3-5-7-13/h8,18H,2-7,9,14H2,1H3,(H,16,19). The van der Waals surface area contributed by atoms with Gasteiger partial charge in [-0.25, -0.2) is 0 Å². The van der Waals surface area contributed by atoms with Crippen LogP contribution in [0.5, 0.6) is 0 Å². The van der Waals surface area contributed by atoms with Gasteiger partial charge in [-0.2, -0.15) is 5.10 Å². The molecule has 1 aliphatic carbocycles. The van der Waals surface area contributed by atoms with E-state index in [2.05, 4.69) is 10.4 Å². The summed E-state index contributed by atoms with van der Waals surface area (Å²) in [7, 11) is 0. The molecule has 2 rings (SSSR count). The van der Waals surface area contributed by atoms with Crippen molar-refractivity contribution in [1.82, 2.24) is 15.1 Å². The number of aliphatic hydroxyl groups is 1. The van der Waals surface area contributed by atoms with Gasteiger partial charge >= 0.3 is 0 Å². The normalized spacial score (nSPS) is 18.2. The zero-order valence-electron chi connectivity index (χ0n) is 11.4. The van der Waals surface area contributed by atoms with Gasteiger partial charge in [-0.1, -0.05) is 19.3 Å². The van der Waals surface area contributed by atoms with E-state index in [4.69, 9.17) is 5.73 Å². The predicted octanol–water partition coefficient (Wildman–Crippen LogP) is 0.910. The number of aromatic nitrogens is 2. The first-order valence-electron chi connectivity index (χ1n) is 6.86. The second kappa shape index (κ2) is 5.61. The Hall–Kier alpha value is -1.56. The van der Waals surface area contributed by atoms with Crippen LogP contribution in [0.4, 0.5) is 5.69 Å². The van der Waals surface area contributed by atoms with Crippen LogP contribution in [0.25, 0.3) is 0 Å². The average molecular weight is 266 g/mol. The molecule has 0 aliphatic heterocycles. The number of amides is 1. The van der Waals surface area contributed by atoms with Gasteiger partial charge in [0.2, 0.25) is 0 Å². The van der Waals surface area contributed by atoms with E-state index in [-0.39, 0.29) is 12.5 Å². The molecule has 106 valence electrons. The summed E-state index contributed by atoms with van der Waals surface area (Å²) >= 11 is 0. The lowest BCUT2D eigenvalue weighted by Crippen LogP contribution is -2.53. The second-order valence-corrected chi connectivity index (χ2v) is 5.22. The third kappa shape index (κ3) is 2.73. The maximum absolute atomic E-state index is 12.4. The van der Waals surface area contributed by atoms with Gasteiger partial charge < -0.3 is 16.2 Å². The molecule has 1 saturated carbocycles. The number of aryl methyl sites for hydroxylation is 1. The fourth-order valence-corrected chi connectivity index (χ4v) is 2.74. The van der Waals surface area contributed by atoms with Crippen molar-refractivity contribution in [3.05, 3.63) is 11.9 Å². The number of carbonyl (C=O) groups is 1. The van der Waals surface area contributed by atoms with Gasteiger partial charge in [-0.15, -0.1) is 0 Å². The minimum Gasteiger partial charge on any atom is -0.396 e. The summed E-state index contributed by atoms with van der Waals surface area (Å²) in [6.07, 6.45) is 6.34. The average Bonchev–Trinajstić information content (AvgIpc) is 2.81. The molecule has 6 heteroatoms. The van der Waals surface area contributed by atoms with Crippen molar-refractivity contribution in [2.75, 3.05) is 12.3 Å². The van der Waals surface area contributed by atoms with Gasteiger partial charge in [-0.05, 0) is 19.8 Å². The summed E-state index contributed by atoms with van der Waals surface area (Å²) in [5.41, 5.74) is 6.07. The first kappa shape index (κ1) is 13.9. The Morgan fingerprint density at radius 2 is 2.21 bits per heavy atom. The number of nitrogens with zero attached hydrogens (tertiary/aromatic N) is 2. The molecular weight excluding hydrogens is 244 g/mol. The third-order valence-corrected chi connectivity index (χ3v) is 3.87. The van der Waals surface area contributed by atoms with Crippen LogP contribution in [-0.4, -0.2) is 32.9 Å². The number of nitrogens with one attached hydrogen (secondary N) is 1. The first-order chi connectivity index (χ1) is 9.12. The Labute approximate surface area is 113 Å². The van der Waals surface area contributed by atoms with Gasteiger partial charge in [0, 0.05) is 6.54 Å². The van der Waals surface area contributed by atoms with E-state index in [1.165, 1.54) is 6.20 Å². The molecule has 0 radical (unpaired) electrons. The van der Waals surface area contributed by atoms with E-state index in [1.807, 2.05) is 6.92 Å². The van der Waals surface area contributed by atoms with Gasteiger partial charge in [0.05, 0.1) is 24.0 Å². The van der Waals surface area contributed by atoms with E-state index in [9.17, 15) is 9.90 Å². The fraction of sp³-hybridized carbons (Fsp3) is 0.692. The van der Waals surface area contributed by atoms with E-state index < -0.39 is 5.54 Å². The minimum atomic E-state index is -0.495. The number of anilines is 1. The molecule has 6 nitrogen and oxygen atoms in total. The van der Waals surface area contributed by atoms with Crippen molar-refractivity contribution in [2.24, 2.45) is 0 Å². The van der Waals surface area contributed by atoms with Crippen molar-refractivity contribution in [2.45, 2.75) is 51.1 Å². The van der Waals surface area contributed by atoms with Crippen molar-refractivity contribution in [3.63, 3.8) is 0 Å². The molecule has 19 heavy (non-hydrogen) atoms. The minimum absolute atomic E-state index is 0.0289. The molecule has 0 aromatic carbocycles. The molecule has 0 atom stereocenters. The highest BCUT2D eigenvalue weighted by molar-refractivity contribution is 5.97. The van der Waals surface area contributed by atoms with E-state index in [0.717, 1.165) is 32.1 Å². The summed E-state index contributed by atoms with van der Waals surface area (Å²) in [4.78, 5) is 12.4. The van der Waals surface area contributed by atoms with Crippen LogP contribution in [0, 0.1) is 0 Å². The van der Waals surface area contributed by atoms with Gasteiger partial charge in [0.15, 0.2) is 0 Å². The summed E-state index contributed by atoms with van der Waals surface area (Å²) in [5, 5.41) is 16.7. The van der Waals surface area contributed by atoms with Gasteiger partial charge in [-0.3, -0.25) is 9.48 Å². The number of nitrogen functional groups attached to an aromatic ring is 1. The van der Waals surface area contributed by atoms with Crippen LogP contribution in [-0.2, 0) is 6.54 Å². The highest BCUT2D eigenvalue weighted by atomic mass is 16.3. The Kier molecular flexibility index (Phi) is 4.09. The molecule has 1 heterocycles. The SMILES string of the molecule is CCn1ncc(N)c1C(=O)NC1(CO)CCCCC1. The summed E-state index contributed by atoms with van der Waals surface area (Å²) < 4.78 is 1.58. The molecule has 1 amide bonds. The lowest BCUT2D eigenvalue weighted by atomic mass is 9.82. The maximum Gasteiger partial charge on any atom is 0.272 e. The molecule has 4 N–H and O–H groups in total. The summed E-state index contributed by atoms with van der Waals surface area (Å²) in [6.45, 7) is 2.47. The van der Waals surface area contributed by atoms with Crippen molar-refractivity contribution in [1.29, 1.82) is 0 Å². The maximum atomic E-state index is 12.4. The number of hydrogen-bond acceptors (Lipinski definition) is 4. The number of nitrogens with two attached hydrogens (primary N) is 1. The molecule has 0 spiro atoms. The van der Waals surface area contributed by atoms with Crippen molar-refractivity contribution in [3.8, 4) is 0 Å². The number of carbonyl (C=O) groups excluding carboxylic acids is 1. The molecule has 0 unspecified atom stereocenters. The number of rotatable bonds is 4. The molecule has 1 fully saturated rings. The molecule has 1 aromatic rings. The first-order valence-corrected chi connectivity index (χ1v) is 6.86. The highest BCUT2D eigenvalue weighted by Crippen LogP contribution is 2.28. The van der Waals surface area contributed by atoms with Crippen LogP contribution < -0.4 is 11.1 Å². The zero-order valence-corrected chi connectivity index (χ0v) is 11.4. The quantitative estimate of drug-likeness (QED) is 0.755. The smallest absolute Gasteiger partial charge is 0.272 e. The summed E-state index contributed by atoms with van der Waals surface area (Å²) in [6, 6.07) is 0. The van der Waals surface area contributed by atoms with Crippen LogP contribution in [0.1, 0.15) is 49.5 Å². The highest BCUT2D eigenvalue weighted by Gasteiger charge is 2.34. The number of hydrogen-bond donors (Lipinski definition) is 3. The molecule has 0 bridgehead atoms. The van der Waals surface area contributed by atoms with Crippen LogP contribution in [0.3, 0.4) is 0 Å². The van der Waals surface area contributed by atoms with E-state index in [0.29, 0.717) is 17.9 Å². The summed E-state index contributed by atoms with van der Waals surface area (Å²) in [5.74, 6) is -0.243. The monoisotopic (exact) mass is 266 g/mol. The van der Waals surface area contributed by atoms with Crippen LogP contribution in [0.2, 0.25) is 0 Å². The lowest BCUT2D eigenvalue weighted by molar-refractivity contribution is 0.0749. The second-order valence-electron chi connectivity index (χ2n) is 5.22. The Morgan fingerprint density at radius 3 is 2.79 bits per heavy atom. The zero-order chi connectivity index (χ0) is 13.9. The molecule has 1 aliphatic rings. The topological polar surface area (TPSA) is 93.2 Å². The van der Waals surface area contributed by atoms with Gasteiger partial charge in [0.1, 0.15) is 5.69 Å². The molecule has 0 saturated heterocycles. The third-order valence-electron chi connectivity index (χ3n) is 3.87. The molecule has 1 aromatic heterocycles.